The van der Waals surface area contributed by atoms with Gasteiger partial charge in [-0.05, 0) is 29.7 Å². The number of ether oxygens (including phenoxy) is 2. The highest BCUT2D eigenvalue weighted by Crippen LogP contribution is 2.39. The van der Waals surface area contributed by atoms with Gasteiger partial charge in [-0.15, -0.1) is 0 Å². The predicted molar refractivity (Wildman–Crippen MR) is 94.8 cm³/mol. The lowest BCUT2D eigenvalue weighted by Crippen LogP contribution is -2.34. The largest absolute Gasteiger partial charge is 0.497 e. The zero-order chi connectivity index (χ0) is 18.5. The fourth-order valence-corrected chi connectivity index (χ4v) is 3.30. The number of hydrogen-bond acceptors (Lipinski definition) is 4. The number of rotatable bonds is 5. The summed E-state index contributed by atoms with van der Waals surface area (Å²) < 4.78 is 10.6. The Kier molecular flexibility index (Phi) is 5.41. The number of carboxylic acid groups (broad SMARTS) is 1. The van der Waals surface area contributed by atoms with E-state index >= 15 is 0 Å². The van der Waals surface area contributed by atoms with Crippen LogP contribution in [0.2, 0.25) is 0 Å². The van der Waals surface area contributed by atoms with E-state index in [1.54, 1.807) is 25.3 Å². The van der Waals surface area contributed by atoms with E-state index in [4.69, 9.17) is 9.47 Å². The van der Waals surface area contributed by atoms with Crippen molar-refractivity contribution in [3.05, 3.63) is 65.7 Å². The predicted octanol–water partition coefficient (Wildman–Crippen LogP) is 3.48. The van der Waals surface area contributed by atoms with Gasteiger partial charge in [0.15, 0.2) is 0 Å². The van der Waals surface area contributed by atoms with Gasteiger partial charge >= 0.3 is 12.1 Å². The fraction of sp³-hybridized carbons (Fsp3) is 0.300. The third kappa shape index (κ3) is 3.79. The van der Waals surface area contributed by atoms with Crippen LogP contribution in [0.4, 0.5) is 4.79 Å². The molecule has 3 rings (SSSR count). The van der Waals surface area contributed by atoms with Crippen molar-refractivity contribution in [1.82, 2.24) is 4.90 Å². The number of amides is 1. The van der Waals surface area contributed by atoms with Crippen molar-refractivity contribution in [3.63, 3.8) is 0 Å². The van der Waals surface area contributed by atoms with Gasteiger partial charge in [-0.2, -0.15) is 0 Å². The van der Waals surface area contributed by atoms with Crippen LogP contribution < -0.4 is 4.74 Å². The minimum atomic E-state index is -0.920. The highest BCUT2D eigenvalue weighted by Gasteiger charge is 2.43. The van der Waals surface area contributed by atoms with Gasteiger partial charge in [-0.3, -0.25) is 4.79 Å². The van der Waals surface area contributed by atoms with Gasteiger partial charge in [0.05, 0.1) is 19.1 Å². The standard InChI is InChI=1S/C20H21NO5/c1-25-16-9-5-8-15(12-16)18-17(19(22)23)10-11-21(18)20(24)26-13-14-6-3-2-4-7-14/h2-9,12,17-18H,10-11,13H2,1H3,(H,22,23)/t17-,18-/m0/s1. The van der Waals surface area contributed by atoms with Crippen LogP contribution in [0, 0.1) is 5.92 Å². The maximum absolute atomic E-state index is 12.6. The molecule has 1 heterocycles. The first-order valence-corrected chi connectivity index (χ1v) is 8.44. The molecule has 136 valence electrons. The second-order valence-electron chi connectivity index (χ2n) is 6.19. The molecule has 0 radical (unpaired) electrons. The molecule has 1 fully saturated rings. The number of methoxy groups -OCH3 is 1. The van der Waals surface area contributed by atoms with Crippen LogP contribution in [0.15, 0.2) is 54.6 Å². The van der Waals surface area contributed by atoms with Crippen molar-refractivity contribution in [2.75, 3.05) is 13.7 Å². The second-order valence-corrected chi connectivity index (χ2v) is 6.19. The van der Waals surface area contributed by atoms with E-state index in [0.29, 0.717) is 18.7 Å². The lowest BCUT2D eigenvalue weighted by Gasteiger charge is -2.27. The molecule has 0 unspecified atom stereocenters. The highest BCUT2D eigenvalue weighted by molar-refractivity contribution is 5.76. The molecule has 6 nitrogen and oxygen atoms in total. The van der Waals surface area contributed by atoms with Gasteiger partial charge in [-0.25, -0.2) is 4.79 Å². The van der Waals surface area contributed by atoms with Crippen LogP contribution in [0.3, 0.4) is 0 Å². The quantitative estimate of drug-likeness (QED) is 0.889. The molecular weight excluding hydrogens is 334 g/mol. The van der Waals surface area contributed by atoms with Crippen molar-refractivity contribution in [2.45, 2.75) is 19.1 Å². The Morgan fingerprint density at radius 3 is 2.62 bits per heavy atom. The van der Waals surface area contributed by atoms with E-state index in [9.17, 15) is 14.7 Å². The summed E-state index contributed by atoms with van der Waals surface area (Å²) in [7, 11) is 1.55. The molecule has 1 aliphatic heterocycles. The van der Waals surface area contributed by atoms with Gasteiger partial charge < -0.3 is 19.5 Å². The first-order valence-electron chi connectivity index (χ1n) is 8.44. The van der Waals surface area contributed by atoms with Crippen LogP contribution in [-0.2, 0) is 16.1 Å². The molecule has 1 N–H and O–H groups in total. The average molecular weight is 355 g/mol. The summed E-state index contributed by atoms with van der Waals surface area (Å²) in [6.07, 6.45) is -0.122. The fourth-order valence-electron chi connectivity index (χ4n) is 3.30. The third-order valence-corrected chi connectivity index (χ3v) is 4.59. The van der Waals surface area contributed by atoms with Crippen LogP contribution >= 0.6 is 0 Å². The van der Waals surface area contributed by atoms with E-state index in [1.807, 2.05) is 36.4 Å². The van der Waals surface area contributed by atoms with Crippen molar-refractivity contribution < 1.29 is 24.2 Å². The Morgan fingerprint density at radius 2 is 1.92 bits per heavy atom. The second kappa shape index (κ2) is 7.91. The van der Waals surface area contributed by atoms with Gasteiger partial charge in [0, 0.05) is 6.54 Å². The van der Waals surface area contributed by atoms with E-state index in [-0.39, 0.29) is 6.61 Å². The Morgan fingerprint density at radius 1 is 1.15 bits per heavy atom. The molecule has 1 amide bonds. The van der Waals surface area contributed by atoms with E-state index in [2.05, 4.69) is 0 Å². The summed E-state index contributed by atoms with van der Waals surface area (Å²) in [6.45, 7) is 0.491. The summed E-state index contributed by atoms with van der Waals surface area (Å²) in [5.41, 5.74) is 1.61. The number of hydrogen-bond donors (Lipinski definition) is 1. The SMILES string of the molecule is COc1cccc([C@H]2[C@@H](C(=O)O)CCN2C(=O)OCc2ccccc2)c1. The number of likely N-dealkylation sites (tertiary alicyclic amines) is 1. The minimum Gasteiger partial charge on any atom is -0.497 e. The Labute approximate surface area is 152 Å². The topological polar surface area (TPSA) is 76.1 Å². The van der Waals surface area contributed by atoms with Gasteiger partial charge in [0.2, 0.25) is 0 Å². The summed E-state index contributed by atoms with van der Waals surface area (Å²) in [5.74, 6) is -0.973. The molecule has 1 aliphatic rings. The van der Waals surface area contributed by atoms with Crippen molar-refractivity contribution in [3.8, 4) is 5.75 Å². The molecule has 0 aliphatic carbocycles. The summed E-state index contributed by atoms with van der Waals surface area (Å²) in [4.78, 5) is 25.8. The normalized spacial score (nSPS) is 19.2. The number of aliphatic carboxylic acids is 1. The van der Waals surface area contributed by atoms with E-state index < -0.39 is 24.0 Å². The lowest BCUT2D eigenvalue weighted by atomic mass is 9.94. The van der Waals surface area contributed by atoms with Crippen molar-refractivity contribution in [2.24, 2.45) is 5.92 Å². The zero-order valence-electron chi connectivity index (χ0n) is 14.5. The third-order valence-electron chi connectivity index (χ3n) is 4.59. The van der Waals surface area contributed by atoms with Crippen LogP contribution in [0.1, 0.15) is 23.6 Å². The Bertz CT molecular complexity index is 777. The molecule has 0 spiro atoms. The first-order chi connectivity index (χ1) is 12.6. The zero-order valence-corrected chi connectivity index (χ0v) is 14.5. The van der Waals surface area contributed by atoms with Crippen molar-refractivity contribution >= 4 is 12.1 Å². The molecule has 0 bridgehead atoms. The van der Waals surface area contributed by atoms with Crippen LogP contribution in [0.5, 0.6) is 5.75 Å². The molecule has 26 heavy (non-hydrogen) atoms. The average Bonchev–Trinajstić information content (AvgIpc) is 3.12. The maximum Gasteiger partial charge on any atom is 0.410 e. The summed E-state index contributed by atoms with van der Waals surface area (Å²) in [6, 6.07) is 16.0. The van der Waals surface area contributed by atoms with Crippen molar-refractivity contribution in [1.29, 1.82) is 0 Å². The number of carbonyl (C=O) groups is 2. The molecule has 2 atom stereocenters. The molecule has 0 aromatic heterocycles. The molecular formula is C20H21NO5. The number of benzene rings is 2. The Balaban J connectivity index is 1.79. The minimum absolute atomic E-state index is 0.152. The smallest absolute Gasteiger partial charge is 0.410 e. The lowest BCUT2D eigenvalue weighted by molar-refractivity contribution is -0.142. The van der Waals surface area contributed by atoms with Gasteiger partial charge in [-0.1, -0.05) is 42.5 Å². The molecule has 0 saturated carbocycles. The number of nitrogens with zero attached hydrogens (tertiary/aromatic N) is 1. The van der Waals surface area contributed by atoms with Crippen LogP contribution in [-0.4, -0.2) is 35.7 Å². The first kappa shape index (κ1) is 17.8. The highest BCUT2D eigenvalue weighted by atomic mass is 16.6. The maximum atomic E-state index is 12.6. The van der Waals surface area contributed by atoms with Crippen LogP contribution in [0.25, 0.3) is 0 Å². The number of carboxylic acids is 1. The molecule has 2 aromatic carbocycles. The monoisotopic (exact) mass is 355 g/mol. The van der Waals surface area contributed by atoms with Gasteiger partial charge in [0.25, 0.3) is 0 Å². The van der Waals surface area contributed by atoms with E-state index in [0.717, 1.165) is 11.1 Å². The van der Waals surface area contributed by atoms with E-state index in [1.165, 1.54) is 4.90 Å². The molecule has 1 saturated heterocycles. The summed E-state index contributed by atoms with van der Waals surface area (Å²) >= 11 is 0. The number of carbonyl (C=O) groups excluding carboxylic acids is 1. The molecule has 6 heteroatoms. The van der Waals surface area contributed by atoms with Gasteiger partial charge in [0.1, 0.15) is 12.4 Å². The summed E-state index contributed by atoms with van der Waals surface area (Å²) in [5, 5.41) is 9.57. The molecule has 2 aromatic rings. The Hall–Kier alpha value is -3.02.